The first-order valence-electron chi connectivity index (χ1n) is 22.3. The van der Waals surface area contributed by atoms with E-state index in [1.54, 1.807) is 6.34 Å². The summed E-state index contributed by atoms with van der Waals surface area (Å²) < 4.78 is 47.8. The van der Waals surface area contributed by atoms with Gasteiger partial charge in [0.15, 0.2) is 6.04 Å². The molecule has 0 unspecified atom stereocenters. The number of carboxylic acid groups (broad SMARTS) is 2. The number of rotatable bonds is 7. The number of alkyl halides is 3. The van der Waals surface area contributed by atoms with Crippen LogP contribution in [0, 0.1) is 62.1 Å². The van der Waals surface area contributed by atoms with Crippen LogP contribution in [0.4, 0.5) is 13.2 Å². The molecule has 0 amide bonds. The number of halogens is 3. The van der Waals surface area contributed by atoms with Crippen molar-refractivity contribution in [1.29, 1.82) is 0 Å². The predicted molar refractivity (Wildman–Crippen MR) is 225 cm³/mol. The maximum atomic E-state index is 13.6. The number of carbonyl (C=O) groups is 2. The number of hydrogen-bond donors (Lipinski definition) is 2. The van der Waals surface area contributed by atoms with Crippen molar-refractivity contribution < 1.29 is 47.1 Å². The van der Waals surface area contributed by atoms with Gasteiger partial charge in [0.05, 0.1) is 31.3 Å². The molecule has 3 aliphatic heterocycles. The summed E-state index contributed by atoms with van der Waals surface area (Å²) >= 11 is 0. The van der Waals surface area contributed by atoms with Crippen LogP contribution < -0.4 is 10.8 Å². The van der Waals surface area contributed by atoms with Gasteiger partial charge in [0.2, 0.25) is 0 Å². The second kappa shape index (κ2) is 15.9. The Morgan fingerprint density at radius 1 is 1.08 bits per heavy atom. The molecule has 342 valence electrons. The normalized spacial score (nSPS) is 41.3. The minimum Gasteiger partial charge on any atom is -0.542 e. The van der Waals surface area contributed by atoms with Crippen molar-refractivity contribution in [2.45, 2.75) is 139 Å². The summed E-state index contributed by atoms with van der Waals surface area (Å²) in [6, 6.07) is -0.0781. The SMILES string of the molecule is CC(C)[C@@H](C)[C@@]1(C)CC[C@]2(C)[C@H]3CC[C@@H]4[C@@]5(COC[C@@]4(C)[C@@H](OC[C@](C)(N)C(C)(C)C)[C@H]([N+]4=NC=NC4=C4C=CCN(C)C4)C5)C3=CC[C@@]2(C)[C@@H]1C(=O)O.O=C([O-])C(F)(F)F. The van der Waals surface area contributed by atoms with Crippen LogP contribution in [-0.4, -0.2) is 96.8 Å². The first-order chi connectivity index (χ1) is 28.0. The largest absolute Gasteiger partial charge is 0.542 e. The molecule has 1 saturated heterocycles. The van der Waals surface area contributed by atoms with Crippen molar-refractivity contribution in [1.82, 2.24) is 4.90 Å². The molecule has 61 heavy (non-hydrogen) atoms. The van der Waals surface area contributed by atoms with E-state index in [0.717, 1.165) is 57.4 Å². The van der Waals surface area contributed by atoms with E-state index in [2.05, 4.69) is 111 Å². The summed E-state index contributed by atoms with van der Waals surface area (Å²) in [5, 5.41) is 25.0. The molecule has 11 nitrogen and oxygen atoms in total. The smallest absolute Gasteiger partial charge is 0.430 e. The Labute approximate surface area is 361 Å². The lowest BCUT2D eigenvalue weighted by Gasteiger charge is -2.71. The van der Waals surface area contributed by atoms with Gasteiger partial charge in [-0.25, -0.2) is 0 Å². The summed E-state index contributed by atoms with van der Waals surface area (Å²) in [6.07, 6.45) is 9.08. The quantitative estimate of drug-likeness (QED) is 0.196. The third-order valence-corrected chi connectivity index (χ3v) is 17.9. The van der Waals surface area contributed by atoms with E-state index >= 15 is 0 Å². The van der Waals surface area contributed by atoms with E-state index in [4.69, 9.17) is 35.2 Å². The molecule has 0 aromatic heterocycles. The molecule has 7 rings (SSSR count). The van der Waals surface area contributed by atoms with Crippen molar-refractivity contribution in [2.75, 3.05) is 40.0 Å². The van der Waals surface area contributed by atoms with Gasteiger partial charge in [-0.1, -0.05) is 93.0 Å². The van der Waals surface area contributed by atoms with Crippen molar-refractivity contribution in [2.24, 2.45) is 77.9 Å². The molecular weight excluding hydrogens is 788 g/mol. The van der Waals surface area contributed by atoms with Crippen molar-refractivity contribution in [3.8, 4) is 0 Å². The molecule has 3 N–H and O–H groups in total. The van der Waals surface area contributed by atoms with Crippen LogP contribution in [0.25, 0.3) is 0 Å². The number of likely N-dealkylation sites (N-methyl/N-ethyl adjacent to an activating group) is 1. The lowest BCUT2D eigenvalue weighted by Crippen LogP contribution is -2.71. The van der Waals surface area contributed by atoms with Crippen LogP contribution >= 0.6 is 0 Å². The number of aliphatic carboxylic acids is 2. The zero-order valence-electron chi connectivity index (χ0n) is 38.6. The Hall–Kier alpha value is -2.94. The average molecular weight is 860 g/mol. The topological polar surface area (TPSA) is 153 Å². The summed E-state index contributed by atoms with van der Waals surface area (Å²) in [4.78, 5) is 29.6. The van der Waals surface area contributed by atoms with Crippen molar-refractivity contribution in [3.63, 3.8) is 0 Å². The number of carboxylic acids is 2. The second-order valence-corrected chi connectivity index (χ2v) is 22.5. The molecule has 4 aliphatic carbocycles. The van der Waals surface area contributed by atoms with Crippen LogP contribution in [0.15, 0.2) is 45.3 Å². The highest BCUT2D eigenvalue weighted by molar-refractivity contribution is 5.73. The van der Waals surface area contributed by atoms with Crippen LogP contribution in [0.2, 0.25) is 0 Å². The van der Waals surface area contributed by atoms with Crippen molar-refractivity contribution >= 4 is 18.3 Å². The van der Waals surface area contributed by atoms with Crippen LogP contribution in [0.3, 0.4) is 0 Å². The van der Waals surface area contributed by atoms with E-state index in [1.807, 2.05) is 0 Å². The minimum atomic E-state index is -5.19. The van der Waals surface area contributed by atoms with Gasteiger partial charge >= 0.3 is 18.0 Å². The third kappa shape index (κ3) is 7.68. The molecule has 7 aliphatic rings. The lowest BCUT2D eigenvalue weighted by atomic mass is 9.34. The Kier molecular flexibility index (Phi) is 12.4. The zero-order chi connectivity index (χ0) is 45.5. The van der Waals surface area contributed by atoms with Crippen LogP contribution in [0.1, 0.15) is 115 Å². The number of ether oxygens (including phenoxy) is 2. The fourth-order valence-electron chi connectivity index (χ4n) is 13.3. The molecule has 0 radical (unpaired) electrons. The Bertz CT molecular complexity index is 1900. The maximum absolute atomic E-state index is 13.6. The fourth-order valence-corrected chi connectivity index (χ4v) is 13.3. The van der Waals surface area contributed by atoms with E-state index in [1.165, 1.54) is 11.1 Å². The summed E-state index contributed by atoms with van der Waals surface area (Å²) in [5.41, 5.74) is 7.77. The standard InChI is InChI=1S/C45H71N5O4.C2HF3O2/c1-28(2)29(3)40(7)19-20-42(9)31-15-16-34-41(8)24-53-26-45(34,32(31)17-18-43(42,10)35(40)38(51)52)22-33(36(41)54-25-44(11,46)39(4,5)6)50-37(47-27-48-50)30-14-13-21-49(12)23-30;3-2(4,5)1(6)7/h13-14,17,27-29,31,33-36H,15-16,18-26,46H2,1-12H3;(H,6,7)/t29-,31+,33-,34+,35-,36+,40-,41-,42-,43+,44+,45+;/m1./s1. The molecule has 3 heterocycles. The molecule has 2 bridgehead atoms. The molecule has 0 aromatic rings. The van der Waals surface area contributed by atoms with Crippen LogP contribution in [-0.2, 0) is 19.1 Å². The molecule has 14 heteroatoms. The Morgan fingerprint density at radius 3 is 2.31 bits per heavy atom. The maximum Gasteiger partial charge on any atom is 0.430 e. The van der Waals surface area contributed by atoms with Gasteiger partial charge in [0, 0.05) is 35.9 Å². The summed E-state index contributed by atoms with van der Waals surface area (Å²) in [7, 11) is 2.15. The predicted octanol–water partition coefficient (Wildman–Crippen LogP) is 7.61. The second-order valence-electron chi connectivity index (χ2n) is 22.5. The summed E-state index contributed by atoms with van der Waals surface area (Å²) in [6.45, 7) is 28.5. The highest BCUT2D eigenvalue weighted by Crippen LogP contribution is 2.75. The Morgan fingerprint density at radius 2 is 1.74 bits per heavy atom. The van der Waals surface area contributed by atoms with E-state index in [0.29, 0.717) is 43.5 Å². The number of hydrogen-bond acceptors (Lipinski definition) is 9. The molecule has 12 atom stereocenters. The molecule has 0 spiro atoms. The number of aliphatic imine (C=N–C) groups is 1. The van der Waals surface area contributed by atoms with Gasteiger partial charge in [-0.15, -0.1) is 4.70 Å². The highest BCUT2D eigenvalue weighted by atomic mass is 19.4. The minimum absolute atomic E-state index is 0.0781. The highest BCUT2D eigenvalue weighted by Gasteiger charge is 2.73. The lowest BCUT2D eigenvalue weighted by molar-refractivity contribution is -0.600. The van der Waals surface area contributed by atoms with Gasteiger partial charge < -0.3 is 30.2 Å². The monoisotopic (exact) mass is 860 g/mol. The number of allylic oxidation sites excluding steroid dienone is 1. The number of fused-ring (bicyclic) bond motifs is 3. The Balaban J connectivity index is 0.000000819. The van der Waals surface area contributed by atoms with Gasteiger partial charge in [0.25, 0.3) is 6.34 Å². The number of azo groups is 2. The number of nitrogens with zero attached hydrogens (tertiary/aromatic N) is 4. The van der Waals surface area contributed by atoms with E-state index in [-0.39, 0.29) is 44.6 Å². The molecule has 4 fully saturated rings. The zero-order valence-corrected chi connectivity index (χ0v) is 38.6. The average Bonchev–Trinajstić information content (AvgIpc) is 3.63. The molecule has 0 aromatic carbocycles. The third-order valence-electron chi connectivity index (χ3n) is 17.9. The van der Waals surface area contributed by atoms with Crippen LogP contribution in [0.5, 0.6) is 0 Å². The van der Waals surface area contributed by atoms with E-state index in [9.17, 15) is 23.1 Å². The molecule has 3 saturated carbocycles. The fraction of sp³-hybridized carbons (Fsp3) is 0.809. The molecular formula is C47H72F3N5O6. The van der Waals surface area contributed by atoms with E-state index < -0.39 is 29.6 Å². The van der Waals surface area contributed by atoms with Gasteiger partial charge in [-0.2, -0.15) is 13.2 Å². The number of carbonyl (C=O) groups excluding carboxylic acids is 1. The van der Waals surface area contributed by atoms with Gasteiger partial charge in [-0.05, 0) is 102 Å². The van der Waals surface area contributed by atoms with Crippen molar-refractivity contribution in [3.05, 3.63) is 35.2 Å². The number of nitrogens with two attached hydrogens (primary N) is 1. The first kappa shape index (κ1) is 47.5. The summed E-state index contributed by atoms with van der Waals surface area (Å²) in [5.74, 6) is -1.73. The van der Waals surface area contributed by atoms with Gasteiger partial charge in [-0.3, -0.25) is 9.69 Å². The first-order valence-corrected chi connectivity index (χ1v) is 22.3. The van der Waals surface area contributed by atoms with Gasteiger partial charge in [0.1, 0.15) is 12.1 Å².